The van der Waals surface area contributed by atoms with E-state index in [2.05, 4.69) is 39.8 Å². The second kappa shape index (κ2) is 13.7. The number of aromatic nitrogens is 3. The molecular formula is C34H41N3O4. The molecule has 0 saturated carbocycles. The van der Waals surface area contributed by atoms with Crippen LogP contribution in [-0.4, -0.2) is 51.1 Å². The van der Waals surface area contributed by atoms with E-state index in [-0.39, 0.29) is 19.0 Å². The first-order valence-electron chi connectivity index (χ1n) is 14.3. The molecule has 4 rings (SSSR count). The molecule has 0 aliphatic rings. The van der Waals surface area contributed by atoms with Crippen LogP contribution in [0.1, 0.15) is 48.9 Å². The van der Waals surface area contributed by atoms with Gasteiger partial charge in [0.05, 0.1) is 12.2 Å². The summed E-state index contributed by atoms with van der Waals surface area (Å²) < 4.78 is 11.4. The molecule has 1 atom stereocenters. The number of phenols is 1. The maximum Gasteiger partial charge on any atom is 0.167 e. The predicted octanol–water partition coefficient (Wildman–Crippen LogP) is 7.00. The number of ether oxygens (including phenoxy) is 2. The molecule has 216 valence electrons. The molecule has 2 N–H and O–H groups in total. The zero-order valence-corrected chi connectivity index (χ0v) is 24.9. The van der Waals surface area contributed by atoms with Crippen molar-refractivity contribution in [3.05, 3.63) is 76.9 Å². The van der Waals surface area contributed by atoms with E-state index in [1.54, 1.807) is 12.1 Å². The average Bonchev–Trinajstić information content (AvgIpc) is 2.94. The molecule has 4 aromatic rings. The molecule has 7 heteroatoms. The van der Waals surface area contributed by atoms with E-state index in [0.717, 1.165) is 46.2 Å². The number of rotatable bonds is 12. The molecule has 1 heterocycles. The van der Waals surface area contributed by atoms with E-state index in [1.807, 2.05) is 38.1 Å². The summed E-state index contributed by atoms with van der Waals surface area (Å²) >= 11 is 0. The number of hydrogen-bond donors (Lipinski definition) is 2. The SMILES string of the molecule is CCC(CC)COCC(O)COc1ccc(-c2nc(-c3ccc(C)cc3C)nc(-c3ccc(C)cc3C)n2)c(O)c1. The Bertz CT molecular complexity index is 1410. The van der Waals surface area contributed by atoms with Gasteiger partial charge in [-0.2, -0.15) is 0 Å². The van der Waals surface area contributed by atoms with Crippen LogP contribution in [0.4, 0.5) is 0 Å². The number of hydrogen-bond acceptors (Lipinski definition) is 7. The second-order valence-corrected chi connectivity index (χ2v) is 10.8. The van der Waals surface area contributed by atoms with Crippen molar-refractivity contribution >= 4 is 0 Å². The summed E-state index contributed by atoms with van der Waals surface area (Å²) in [5.41, 5.74) is 6.71. The Balaban J connectivity index is 1.61. The molecule has 0 fully saturated rings. The molecule has 3 aromatic carbocycles. The summed E-state index contributed by atoms with van der Waals surface area (Å²) in [6.45, 7) is 13.3. The van der Waals surface area contributed by atoms with E-state index in [9.17, 15) is 10.2 Å². The third kappa shape index (κ3) is 7.69. The minimum Gasteiger partial charge on any atom is -0.507 e. The third-order valence-corrected chi connectivity index (χ3v) is 7.35. The lowest BCUT2D eigenvalue weighted by molar-refractivity contribution is -0.000392. The maximum atomic E-state index is 11.0. The summed E-state index contributed by atoms with van der Waals surface area (Å²) in [4.78, 5) is 14.4. The third-order valence-electron chi connectivity index (χ3n) is 7.35. The van der Waals surface area contributed by atoms with Gasteiger partial charge in [0, 0.05) is 23.8 Å². The lowest BCUT2D eigenvalue weighted by atomic mass is 10.0. The molecule has 0 bridgehead atoms. The quantitative estimate of drug-likeness (QED) is 0.194. The van der Waals surface area contributed by atoms with Crippen LogP contribution in [0.5, 0.6) is 11.5 Å². The van der Waals surface area contributed by atoms with E-state index >= 15 is 0 Å². The Morgan fingerprint density at radius 2 is 1.17 bits per heavy atom. The molecule has 0 aliphatic carbocycles. The fourth-order valence-corrected chi connectivity index (χ4v) is 4.79. The summed E-state index contributed by atoms with van der Waals surface area (Å²) in [5, 5.41) is 21.3. The van der Waals surface area contributed by atoms with Gasteiger partial charge in [-0.25, -0.2) is 15.0 Å². The van der Waals surface area contributed by atoms with Crippen molar-refractivity contribution in [1.82, 2.24) is 15.0 Å². The van der Waals surface area contributed by atoms with Gasteiger partial charge < -0.3 is 19.7 Å². The largest absolute Gasteiger partial charge is 0.507 e. The van der Waals surface area contributed by atoms with Crippen LogP contribution < -0.4 is 4.74 Å². The normalized spacial score (nSPS) is 12.1. The van der Waals surface area contributed by atoms with Crippen molar-refractivity contribution in [3.8, 4) is 45.7 Å². The first-order chi connectivity index (χ1) is 19.7. The predicted molar refractivity (Wildman–Crippen MR) is 163 cm³/mol. The zero-order valence-electron chi connectivity index (χ0n) is 24.9. The van der Waals surface area contributed by atoms with E-state index in [1.165, 1.54) is 6.07 Å². The number of aliphatic hydroxyl groups is 1. The minimum atomic E-state index is -0.768. The number of aliphatic hydroxyl groups excluding tert-OH is 1. The van der Waals surface area contributed by atoms with Crippen LogP contribution in [0.25, 0.3) is 34.2 Å². The van der Waals surface area contributed by atoms with Gasteiger partial charge in [0.15, 0.2) is 17.5 Å². The Morgan fingerprint density at radius 1 is 0.659 bits per heavy atom. The Kier molecular flexibility index (Phi) is 10.1. The highest BCUT2D eigenvalue weighted by Gasteiger charge is 2.18. The van der Waals surface area contributed by atoms with Crippen LogP contribution in [0.2, 0.25) is 0 Å². The molecule has 0 aliphatic heterocycles. The van der Waals surface area contributed by atoms with E-state index in [4.69, 9.17) is 24.4 Å². The van der Waals surface area contributed by atoms with Gasteiger partial charge in [-0.1, -0.05) is 74.2 Å². The summed E-state index contributed by atoms with van der Waals surface area (Å²) in [7, 11) is 0. The molecule has 0 amide bonds. The molecule has 41 heavy (non-hydrogen) atoms. The van der Waals surface area contributed by atoms with Gasteiger partial charge in [-0.05, 0) is 56.9 Å². The van der Waals surface area contributed by atoms with E-state index < -0.39 is 6.10 Å². The lowest BCUT2D eigenvalue weighted by Crippen LogP contribution is -2.24. The van der Waals surface area contributed by atoms with Gasteiger partial charge in [-0.15, -0.1) is 0 Å². The number of benzene rings is 3. The Morgan fingerprint density at radius 3 is 1.66 bits per heavy atom. The molecule has 1 unspecified atom stereocenters. The van der Waals surface area contributed by atoms with Crippen molar-refractivity contribution in [2.24, 2.45) is 5.92 Å². The first kappa shape index (κ1) is 30.2. The number of nitrogens with zero attached hydrogens (tertiary/aromatic N) is 3. The van der Waals surface area contributed by atoms with Crippen molar-refractivity contribution in [3.63, 3.8) is 0 Å². The highest BCUT2D eigenvalue weighted by atomic mass is 16.5. The lowest BCUT2D eigenvalue weighted by Gasteiger charge is -2.16. The van der Waals surface area contributed by atoms with Gasteiger partial charge in [0.25, 0.3) is 0 Å². The van der Waals surface area contributed by atoms with Crippen molar-refractivity contribution < 1.29 is 19.7 Å². The van der Waals surface area contributed by atoms with Crippen LogP contribution in [-0.2, 0) is 4.74 Å². The van der Waals surface area contributed by atoms with Crippen molar-refractivity contribution in [2.75, 3.05) is 19.8 Å². The molecular weight excluding hydrogens is 514 g/mol. The molecule has 7 nitrogen and oxygen atoms in total. The van der Waals surface area contributed by atoms with Gasteiger partial charge in [-0.3, -0.25) is 0 Å². The highest BCUT2D eigenvalue weighted by molar-refractivity contribution is 5.72. The summed E-state index contributed by atoms with van der Waals surface area (Å²) in [5.74, 6) is 2.35. The first-order valence-corrected chi connectivity index (χ1v) is 14.3. The standard InChI is InChI=1S/C34H41N3O4/c1-7-25(8-2)18-40-19-26(38)20-41-27-11-14-30(31(39)17-27)34-36-32(28-12-9-21(3)15-23(28)5)35-33(37-34)29-13-10-22(4)16-24(29)6/h9-17,25-26,38-39H,7-8,18-20H2,1-6H3. The molecule has 1 aromatic heterocycles. The van der Waals surface area contributed by atoms with Crippen molar-refractivity contribution in [1.29, 1.82) is 0 Å². The smallest absolute Gasteiger partial charge is 0.167 e. The minimum absolute atomic E-state index is 0.0219. The van der Waals surface area contributed by atoms with Gasteiger partial charge in [0.1, 0.15) is 24.2 Å². The fraction of sp³-hybridized carbons (Fsp3) is 0.382. The maximum absolute atomic E-state index is 11.0. The Labute approximate surface area is 243 Å². The highest BCUT2D eigenvalue weighted by Crippen LogP contribution is 2.34. The monoisotopic (exact) mass is 555 g/mol. The van der Waals surface area contributed by atoms with Crippen molar-refractivity contribution in [2.45, 2.75) is 60.5 Å². The Hall–Kier alpha value is -3.81. The van der Waals surface area contributed by atoms with E-state index in [0.29, 0.717) is 41.3 Å². The number of aryl methyl sites for hydroxylation is 4. The summed E-state index contributed by atoms with van der Waals surface area (Å²) in [6, 6.07) is 17.3. The van der Waals surface area contributed by atoms with Crippen LogP contribution in [0, 0.1) is 33.6 Å². The zero-order chi connectivity index (χ0) is 29.5. The average molecular weight is 556 g/mol. The van der Waals surface area contributed by atoms with Gasteiger partial charge in [0.2, 0.25) is 0 Å². The number of aromatic hydroxyl groups is 1. The van der Waals surface area contributed by atoms with Gasteiger partial charge >= 0.3 is 0 Å². The molecule has 0 radical (unpaired) electrons. The van der Waals surface area contributed by atoms with Crippen LogP contribution in [0.3, 0.4) is 0 Å². The molecule has 0 saturated heterocycles. The summed E-state index contributed by atoms with van der Waals surface area (Å²) in [6.07, 6.45) is 1.33. The fourth-order valence-electron chi connectivity index (χ4n) is 4.79. The number of phenolic OH excluding ortho intramolecular Hbond substituents is 1. The molecule has 0 spiro atoms. The second-order valence-electron chi connectivity index (χ2n) is 10.8. The topological polar surface area (TPSA) is 97.6 Å². The van der Waals surface area contributed by atoms with Crippen LogP contribution >= 0.6 is 0 Å². The van der Waals surface area contributed by atoms with Crippen LogP contribution in [0.15, 0.2) is 54.6 Å².